The van der Waals surface area contributed by atoms with Crippen LogP contribution in [0.3, 0.4) is 0 Å². The number of phenols is 1. The summed E-state index contributed by atoms with van der Waals surface area (Å²) >= 11 is 3.42. The highest BCUT2D eigenvalue weighted by atomic mass is 79.9. The van der Waals surface area contributed by atoms with Gasteiger partial charge in [0.2, 0.25) is 23.6 Å². The molecule has 3 fully saturated rings. The van der Waals surface area contributed by atoms with Gasteiger partial charge in [0.25, 0.3) is 0 Å². The number of allylic oxidation sites excluding steroid dienone is 2. The van der Waals surface area contributed by atoms with E-state index in [0.29, 0.717) is 35.7 Å². The summed E-state index contributed by atoms with van der Waals surface area (Å²) in [5.41, 5.74) is 1.97. The van der Waals surface area contributed by atoms with Crippen molar-refractivity contribution in [2.45, 2.75) is 32.3 Å². The van der Waals surface area contributed by atoms with Crippen molar-refractivity contribution in [2.24, 2.45) is 29.1 Å². The zero-order chi connectivity index (χ0) is 34.0. The molecular formula is C40H33BrN2O6. The molecule has 8 nitrogen and oxygen atoms in total. The van der Waals surface area contributed by atoms with Gasteiger partial charge >= 0.3 is 0 Å². The summed E-state index contributed by atoms with van der Waals surface area (Å²) < 4.78 is 6.82. The van der Waals surface area contributed by atoms with Gasteiger partial charge in [0, 0.05) is 22.0 Å². The first-order valence-electron chi connectivity index (χ1n) is 16.4. The third kappa shape index (κ3) is 4.85. The Bertz CT molecular complexity index is 2030. The van der Waals surface area contributed by atoms with E-state index in [0.717, 1.165) is 15.6 Å². The summed E-state index contributed by atoms with van der Waals surface area (Å²) in [6.07, 6.45) is 2.53. The zero-order valence-corrected chi connectivity index (χ0v) is 28.2. The highest BCUT2D eigenvalue weighted by Crippen LogP contribution is 2.64. The third-order valence-electron chi connectivity index (χ3n) is 10.9. The first-order chi connectivity index (χ1) is 23.7. The summed E-state index contributed by atoms with van der Waals surface area (Å²) in [5.74, 6) is -4.16. The number of para-hydroxylation sites is 1. The lowest BCUT2D eigenvalue weighted by atomic mass is 9.51. The zero-order valence-electron chi connectivity index (χ0n) is 26.7. The highest BCUT2D eigenvalue weighted by molar-refractivity contribution is 9.10. The summed E-state index contributed by atoms with van der Waals surface area (Å²) in [7, 11) is 0. The van der Waals surface area contributed by atoms with Crippen molar-refractivity contribution in [2.75, 3.05) is 9.80 Å². The Hall–Kier alpha value is -5.02. The molecule has 1 N–H and O–H groups in total. The molecule has 0 aromatic heterocycles. The molecule has 0 radical (unpaired) electrons. The minimum Gasteiger partial charge on any atom is -0.508 e. The summed E-state index contributed by atoms with van der Waals surface area (Å²) in [6.45, 7) is 2.12. The molecule has 1 saturated carbocycles. The molecule has 2 aliphatic heterocycles. The van der Waals surface area contributed by atoms with Gasteiger partial charge < -0.3 is 9.84 Å². The number of rotatable bonds is 6. The van der Waals surface area contributed by atoms with Crippen molar-refractivity contribution in [3.63, 3.8) is 0 Å². The van der Waals surface area contributed by atoms with Crippen LogP contribution in [-0.4, -0.2) is 28.7 Å². The third-order valence-corrected chi connectivity index (χ3v) is 11.5. The molecule has 2 heterocycles. The molecule has 6 unspecified atom stereocenters. The number of carbonyl (C=O) groups excluding carboxylic acids is 4. The maximum absolute atomic E-state index is 14.6. The van der Waals surface area contributed by atoms with Gasteiger partial charge in [0.15, 0.2) is 0 Å². The van der Waals surface area contributed by atoms with Crippen LogP contribution in [0.2, 0.25) is 0 Å². The summed E-state index contributed by atoms with van der Waals surface area (Å²) in [6, 6.07) is 30.7. The topological polar surface area (TPSA) is 104 Å². The summed E-state index contributed by atoms with van der Waals surface area (Å²) in [4.78, 5) is 59.6. The fourth-order valence-corrected chi connectivity index (χ4v) is 8.89. The molecule has 0 spiro atoms. The van der Waals surface area contributed by atoms with Crippen molar-refractivity contribution in [1.29, 1.82) is 0 Å². The fourth-order valence-electron chi connectivity index (χ4n) is 8.63. The van der Waals surface area contributed by atoms with Crippen molar-refractivity contribution in [3.8, 4) is 11.5 Å². The number of ether oxygens (including phenoxy) is 1. The smallest absolute Gasteiger partial charge is 0.241 e. The van der Waals surface area contributed by atoms with E-state index in [2.05, 4.69) is 15.9 Å². The van der Waals surface area contributed by atoms with Crippen LogP contribution in [0.25, 0.3) is 0 Å². The maximum Gasteiger partial charge on any atom is 0.241 e. The van der Waals surface area contributed by atoms with Gasteiger partial charge in [-0.1, -0.05) is 82.2 Å². The van der Waals surface area contributed by atoms with Gasteiger partial charge in [-0.25, -0.2) is 4.90 Å². The minimum atomic E-state index is -1.26. The van der Waals surface area contributed by atoms with E-state index >= 15 is 0 Å². The predicted octanol–water partition coefficient (Wildman–Crippen LogP) is 7.17. The second-order valence-electron chi connectivity index (χ2n) is 13.5. The highest BCUT2D eigenvalue weighted by Gasteiger charge is 2.68. The number of hydrogen-bond donors (Lipinski definition) is 1. The van der Waals surface area contributed by atoms with Gasteiger partial charge in [0.1, 0.15) is 18.1 Å². The monoisotopic (exact) mass is 716 g/mol. The Labute approximate surface area is 292 Å². The SMILES string of the molecule is CC12C(=O)N(c3ccccc3)C(=O)C1CC1C(=CCC3C(=O)N(c4ccc(Br)cc4)C(=O)C31)C2c1ccc(OCc2ccccc2)cc1O. The fraction of sp³-hybridized carbons (Fsp3) is 0.250. The van der Waals surface area contributed by atoms with Gasteiger partial charge in [-0.15, -0.1) is 0 Å². The quantitative estimate of drug-likeness (QED) is 0.168. The number of halogens is 1. The van der Waals surface area contributed by atoms with E-state index in [1.165, 1.54) is 9.80 Å². The minimum absolute atomic E-state index is 0.0667. The summed E-state index contributed by atoms with van der Waals surface area (Å²) in [5, 5.41) is 11.6. The number of carbonyl (C=O) groups is 4. The van der Waals surface area contributed by atoms with E-state index in [4.69, 9.17) is 4.74 Å². The molecule has 6 atom stereocenters. The van der Waals surface area contributed by atoms with Crippen LogP contribution in [-0.2, 0) is 25.8 Å². The number of imide groups is 2. The second-order valence-corrected chi connectivity index (χ2v) is 14.4. The number of phenolic OH excluding ortho intramolecular Hbond substituents is 1. The van der Waals surface area contributed by atoms with E-state index in [-0.39, 0.29) is 35.8 Å². The lowest BCUT2D eigenvalue weighted by molar-refractivity contribution is -0.131. The van der Waals surface area contributed by atoms with Crippen molar-refractivity contribution >= 4 is 50.9 Å². The molecule has 4 amide bonds. The van der Waals surface area contributed by atoms with Crippen LogP contribution in [0.15, 0.2) is 119 Å². The molecule has 4 aliphatic rings. The molecule has 9 heteroatoms. The molecule has 4 aromatic carbocycles. The average molecular weight is 718 g/mol. The number of fused-ring (bicyclic) bond motifs is 4. The maximum atomic E-state index is 14.6. The first-order valence-corrected chi connectivity index (χ1v) is 17.2. The van der Waals surface area contributed by atoms with Crippen molar-refractivity contribution in [1.82, 2.24) is 0 Å². The van der Waals surface area contributed by atoms with Crippen LogP contribution >= 0.6 is 15.9 Å². The van der Waals surface area contributed by atoms with Crippen LogP contribution < -0.4 is 14.5 Å². The van der Waals surface area contributed by atoms with Gasteiger partial charge in [-0.3, -0.25) is 24.1 Å². The number of amides is 4. The van der Waals surface area contributed by atoms with E-state index in [1.54, 1.807) is 66.7 Å². The normalized spacial score (nSPS) is 27.5. The molecule has 49 heavy (non-hydrogen) atoms. The molecule has 0 bridgehead atoms. The lowest BCUT2D eigenvalue weighted by Crippen LogP contribution is -2.48. The first kappa shape index (κ1) is 31.3. The Morgan fingerprint density at radius 3 is 2.16 bits per heavy atom. The van der Waals surface area contributed by atoms with Gasteiger partial charge in [-0.2, -0.15) is 0 Å². The number of hydrogen-bond acceptors (Lipinski definition) is 6. The van der Waals surface area contributed by atoms with E-state index in [9.17, 15) is 24.3 Å². The Balaban J connectivity index is 1.21. The molecule has 246 valence electrons. The largest absolute Gasteiger partial charge is 0.508 e. The molecule has 4 aromatic rings. The molecule has 8 rings (SSSR count). The number of aromatic hydroxyl groups is 1. The lowest BCUT2D eigenvalue weighted by Gasteiger charge is -2.49. The number of anilines is 2. The van der Waals surface area contributed by atoms with Gasteiger partial charge in [0.05, 0.1) is 34.5 Å². The van der Waals surface area contributed by atoms with Crippen LogP contribution in [0.1, 0.15) is 36.8 Å². The molecule has 2 saturated heterocycles. The second kappa shape index (κ2) is 11.8. The number of benzene rings is 4. The molecular weight excluding hydrogens is 684 g/mol. The van der Waals surface area contributed by atoms with E-state index < -0.39 is 35.0 Å². The Kier molecular flexibility index (Phi) is 7.55. The predicted molar refractivity (Wildman–Crippen MR) is 187 cm³/mol. The molecule has 2 aliphatic carbocycles. The van der Waals surface area contributed by atoms with E-state index in [1.807, 2.05) is 49.4 Å². The standard InChI is InChI=1S/C40H33BrN2O6/c1-40-32(37(46)43(39(40)48)25-10-6-3-7-11-25)21-31-28(18-19-30-34(31)38(47)42(36(30)45)26-14-12-24(41)13-15-26)35(40)29-17-16-27(20-33(29)44)49-22-23-8-4-2-5-9-23/h2-18,20,30-32,34-35,44H,19,21-22H2,1H3. The Morgan fingerprint density at radius 2 is 1.47 bits per heavy atom. The Morgan fingerprint density at radius 1 is 0.796 bits per heavy atom. The number of nitrogens with zero attached hydrogens (tertiary/aromatic N) is 2. The van der Waals surface area contributed by atoms with Gasteiger partial charge in [-0.05, 0) is 73.7 Å². The van der Waals surface area contributed by atoms with Crippen molar-refractivity contribution < 1.29 is 29.0 Å². The van der Waals surface area contributed by atoms with Crippen LogP contribution in [0, 0.1) is 29.1 Å². The average Bonchev–Trinajstić information content (AvgIpc) is 3.48. The van der Waals surface area contributed by atoms with Crippen LogP contribution in [0.5, 0.6) is 11.5 Å². The van der Waals surface area contributed by atoms with Crippen LogP contribution in [0.4, 0.5) is 11.4 Å². The van der Waals surface area contributed by atoms with Crippen molar-refractivity contribution in [3.05, 3.63) is 130 Å².